The molecule has 0 aliphatic rings. The highest BCUT2D eigenvalue weighted by Crippen LogP contribution is 2.27. The molecule has 9 heteroatoms. The molecule has 0 aliphatic carbocycles. The van der Waals surface area contributed by atoms with Crippen molar-refractivity contribution < 1.29 is 4.11 Å². The summed E-state index contributed by atoms with van der Waals surface area (Å²) in [6, 6.07) is 8.09. The Morgan fingerprint density at radius 1 is 0.611 bits per heavy atom. The molecule has 0 aromatic carbocycles. The molecule has 0 radical (unpaired) electrons. The number of aromatic nitrogens is 6. The van der Waals surface area contributed by atoms with Crippen LogP contribution in [-0.2, 0) is 0 Å². The van der Waals surface area contributed by atoms with Crippen LogP contribution in [0.2, 0.25) is 0 Å². The third-order valence-electron chi connectivity index (χ3n) is 4.85. The zero-order valence-electron chi connectivity index (χ0n) is 24.1. The van der Waals surface area contributed by atoms with Crippen LogP contribution in [0.3, 0.4) is 0 Å². The van der Waals surface area contributed by atoms with Crippen LogP contribution in [-0.4, -0.2) is 29.9 Å². The van der Waals surface area contributed by atoms with Crippen LogP contribution < -0.4 is 0 Å². The summed E-state index contributed by atoms with van der Waals surface area (Å²) in [5.41, 5.74) is 2.19. The van der Waals surface area contributed by atoms with Gasteiger partial charge in [0.25, 0.3) is 0 Å². The van der Waals surface area contributed by atoms with Gasteiger partial charge in [0, 0.05) is 36.3 Å². The van der Waals surface area contributed by atoms with E-state index in [0.717, 1.165) is 34.8 Å². The minimum Gasteiger partial charge on any atom is -0.236 e. The van der Waals surface area contributed by atoms with Crippen molar-refractivity contribution in [2.45, 2.75) is 59.3 Å². The van der Waals surface area contributed by atoms with Gasteiger partial charge in [0.05, 0.1) is 33.2 Å². The fourth-order valence-electron chi connectivity index (χ4n) is 2.95. The summed E-state index contributed by atoms with van der Waals surface area (Å²) < 4.78 is 25.4. The topological polar surface area (TPSA) is 77.3 Å². The molecule has 6 aromatic rings. The smallest absolute Gasteiger partial charge is 0.170 e. The molecule has 0 fully saturated rings. The number of nitrogens with zero attached hydrogens (tertiary/aromatic N) is 6. The predicted octanol–water partition coefficient (Wildman–Crippen LogP) is 8.44. The molecule has 0 N–H and O–H groups in total. The number of hydrogen-bond acceptors (Lipinski definition) is 9. The predicted molar refractivity (Wildman–Crippen MR) is 155 cm³/mol. The van der Waals surface area contributed by atoms with Crippen molar-refractivity contribution in [2.75, 3.05) is 0 Å². The highest BCUT2D eigenvalue weighted by atomic mass is 32.1. The highest BCUT2D eigenvalue weighted by Gasteiger charge is 2.08. The number of thiazole rings is 3. The Morgan fingerprint density at radius 2 is 1.11 bits per heavy atom. The fraction of sp³-hybridized carbons (Fsp3) is 0.333. The van der Waals surface area contributed by atoms with Gasteiger partial charge in [-0.05, 0) is 36.4 Å². The average Bonchev–Trinajstić information content (AvgIpc) is 3.61. The molecule has 0 saturated heterocycles. The summed E-state index contributed by atoms with van der Waals surface area (Å²) in [5.74, 6) is 1.29. The Kier molecular flexibility index (Phi) is 7.38. The van der Waals surface area contributed by atoms with Gasteiger partial charge in [0.2, 0.25) is 0 Å². The summed E-state index contributed by atoms with van der Waals surface area (Å²) in [6.45, 7) is 12.6. The molecule has 0 spiro atoms. The van der Waals surface area contributed by atoms with E-state index >= 15 is 0 Å². The summed E-state index contributed by atoms with van der Waals surface area (Å²) in [5, 5.41) is 3.24. The van der Waals surface area contributed by atoms with Gasteiger partial charge in [-0.15, -0.1) is 34.0 Å². The molecule has 0 aliphatic heterocycles. The van der Waals surface area contributed by atoms with E-state index in [0.29, 0.717) is 41.1 Å². The van der Waals surface area contributed by atoms with E-state index in [9.17, 15) is 0 Å². The summed E-state index contributed by atoms with van der Waals surface area (Å²) >= 11 is 4.85. The van der Waals surface area contributed by atoms with Crippen LogP contribution in [0.25, 0.3) is 31.0 Å². The monoisotopic (exact) mass is 540 g/mol. The lowest BCUT2D eigenvalue weighted by Gasteiger charge is -1.93. The van der Waals surface area contributed by atoms with Gasteiger partial charge < -0.3 is 0 Å². The Morgan fingerprint density at radius 3 is 1.69 bits per heavy atom. The van der Waals surface area contributed by atoms with Crippen molar-refractivity contribution in [1.82, 2.24) is 29.9 Å². The Balaban J connectivity index is 0.000000136. The van der Waals surface area contributed by atoms with E-state index in [2.05, 4.69) is 71.4 Å². The first-order valence-electron chi connectivity index (χ1n) is 13.2. The number of rotatable bonds is 3. The first-order chi connectivity index (χ1) is 18.5. The second kappa shape index (κ2) is 11.9. The van der Waals surface area contributed by atoms with Crippen molar-refractivity contribution >= 4 is 65.1 Å². The maximum absolute atomic E-state index is 7.65. The fourth-order valence-corrected chi connectivity index (χ4v) is 5.67. The molecule has 6 aromatic heterocycles. The van der Waals surface area contributed by atoms with Crippen molar-refractivity contribution in [2.24, 2.45) is 0 Å². The Bertz CT molecular complexity index is 1620. The third kappa shape index (κ3) is 6.46. The number of fused-ring (bicyclic) bond motifs is 3. The maximum atomic E-state index is 7.65. The quantitative estimate of drug-likeness (QED) is 0.224. The second-order valence-electron chi connectivity index (χ2n) is 8.88. The molecule has 6 nitrogen and oxygen atoms in total. The molecule has 186 valence electrons. The minimum absolute atomic E-state index is 0.285. The highest BCUT2D eigenvalue weighted by molar-refractivity contribution is 7.19. The van der Waals surface area contributed by atoms with E-state index in [4.69, 9.17) is 4.11 Å². The Hall–Kier alpha value is -2.88. The summed E-state index contributed by atoms with van der Waals surface area (Å²) in [4.78, 5) is 25.4. The van der Waals surface area contributed by atoms with E-state index in [1.807, 2.05) is 12.1 Å². The van der Waals surface area contributed by atoms with Gasteiger partial charge in [-0.25, -0.2) is 29.9 Å². The minimum atomic E-state index is 0.285. The van der Waals surface area contributed by atoms with Gasteiger partial charge in [-0.2, -0.15) is 0 Å². The normalized spacial score (nSPS) is 12.4. The standard InChI is InChI=1S/3C9H10N2S/c3*1-6(2)9-11-8-7(12-9)4-3-5-10-8/h3*3-6H,1-2H3/i5T;4T;3T. The third-order valence-corrected chi connectivity index (χ3v) is 8.73. The molecule has 0 saturated carbocycles. The lowest BCUT2D eigenvalue weighted by Crippen LogP contribution is -1.83. The van der Waals surface area contributed by atoms with Crippen LogP contribution >= 0.6 is 34.0 Å². The molecule has 0 unspecified atom stereocenters. The van der Waals surface area contributed by atoms with Gasteiger partial charge in [0.15, 0.2) is 16.9 Å². The summed E-state index contributed by atoms with van der Waals surface area (Å²) in [6.07, 6.45) is 3.45. The molecule has 0 bridgehead atoms. The van der Waals surface area contributed by atoms with Crippen molar-refractivity contribution in [3.05, 3.63) is 69.9 Å². The van der Waals surface area contributed by atoms with Gasteiger partial charge >= 0.3 is 0 Å². The number of hydrogen-bond donors (Lipinski definition) is 0. The number of pyridine rings is 3. The van der Waals surface area contributed by atoms with E-state index in [1.165, 1.54) is 6.20 Å². The summed E-state index contributed by atoms with van der Waals surface area (Å²) in [7, 11) is 0. The first kappa shape index (κ1) is 22.3. The van der Waals surface area contributed by atoms with Crippen molar-refractivity contribution in [1.29, 1.82) is 0 Å². The maximum Gasteiger partial charge on any atom is 0.170 e. The molecule has 0 atom stereocenters. The molecule has 6 rings (SSSR count). The van der Waals surface area contributed by atoms with E-state index < -0.39 is 0 Å². The van der Waals surface area contributed by atoms with Crippen molar-refractivity contribution in [3.8, 4) is 0 Å². The Labute approximate surface area is 227 Å². The van der Waals surface area contributed by atoms with Crippen LogP contribution in [0.1, 0.15) is 78.4 Å². The molecule has 0 amide bonds. The van der Waals surface area contributed by atoms with Crippen molar-refractivity contribution in [3.63, 3.8) is 0 Å². The van der Waals surface area contributed by atoms with E-state index in [1.54, 1.807) is 52.3 Å². The molecule has 6 heterocycles. The van der Waals surface area contributed by atoms with Gasteiger partial charge in [-0.1, -0.05) is 41.5 Å². The SMILES string of the molecule is [3H]c1ccc2sc(C(C)C)nc2n1.[3H]c1ccnc2nc(C(C)C)sc12.[3H]c1cnc2nc(C(C)C)sc2c1. The lowest BCUT2D eigenvalue weighted by molar-refractivity contribution is 0.855. The lowest BCUT2D eigenvalue weighted by atomic mass is 10.2. The van der Waals surface area contributed by atoms with Gasteiger partial charge in [-0.3, -0.25) is 0 Å². The second-order valence-corrected chi connectivity index (χ2v) is 12.0. The van der Waals surface area contributed by atoms with Crippen LogP contribution in [0, 0.1) is 0 Å². The zero-order chi connectivity index (χ0) is 28.3. The van der Waals surface area contributed by atoms with Crippen LogP contribution in [0.5, 0.6) is 0 Å². The van der Waals surface area contributed by atoms with E-state index in [-0.39, 0.29) is 6.17 Å². The van der Waals surface area contributed by atoms with Crippen LogP contribution in [0.15, 0.2) is 54.9 Å². The average molecular weight is 541 g/mol. The zero-order valence-corrected chi connectivity index (χ0v) is 23.6. The molecule has 36 heavy (non-hydrogen) atoms. The molecular weight excluding hydrogens is 505 g/mol. The molecular formula is C27H30N6S3. The first-order valence-corrected chi connectivity index (χ1v) is 14.2. The van der Waals surface area contributed by atoms with Gasteiger partial charge in [0.1, 0.15) is 0 Å². The largest absolute Gasteiger partial charge is 0.236 e. The van der Waals surface area contributed by atoms with Crippen LogP contribution in [0.4, 0.5) is 0 Å².